The van der Waals surface area contributed by atoms with Crippen LogP contribution in [0.15, 0.2) is 42.9 Å². The molecule has 4 rings (SSSR count). The van der Waals surface area contributed by atoms with Crippen LogP contribution in [-0.2, 0) is 11.2 Å². The molecular weight excluding hydrogens is 326 g/mol. The van der Waals surface area contributed by atoms with Gasteiger partial charge in [-0.2, -0.15) is 0 Å². The molecule has 1 amide bonds. The number of rotatable bonds is 3. The number of aromatic nitrogens is 3. The average Bonchev–Trinajstić information content (AvgIpc) is 2.85. The fraction of sp³-hybridized carbons (Fsp3) is 0.350. The number of H-pyrrole nitrogens is 1. The standard InChI is InChI=1S/C20H23N5O/c1-15-17(16-5-2-3-6-18(16)23-15)13-20(26)25-10-4-9-24(11-12-25)19-14-21-7-8-22-19/h2-3,5-8,14,23H,4,9-13H2,1H3. The minimum absolute atomic E-state index is 0.193. The van der Waals surface area contributed by atoms with Gasteiger partial charge in [-0.3, -0.25) is 9.78 Å². The van der Waals surface area contributed by atoms with Gasteiger partial charge in [0.2, 0.25) is 5.91 Å². The quantitative estimate of drug-likeness (QED) is 0.789. The third-order valence-corrected chi connectivity index (χ3v) is 5.08. The number of fused-ring (bicyclic) bond motifs is 1. The molecule has 1 aliphatic rings. The number of aromatic amines is 1. The second-order valence-corrected chi connectivity index (χ2v) is 6.74. The first-order chi connectivity index (χ1) is 12.7. The Hall–Kier alpha value is -2.89. The van der Waals surface area contributed by atoms with E-state index in [1.165, 1.54) is 0 Å². The lowest BCUT2D eigenvalue weighted by atomic mass is 10.1. The first-order valence-electron chi connectivity index (χ1n) is 9.07. The Morgan fingerprint density at radius 2 is 2.04 bits per heavy atom. The summed E-state index contributed by atoms with van der Waals surface area (Å²) >= 11 is 0. The Balaban J connectivity index is 1.46. The normalized spacial score (nSPS) is 15.3. The van der Waals surface area contributed by atoms with Gasteiger partial charge in [0.15, 0.2) is 0 Å². The van der Waals surface area contributed by atoms with Crippen LogP contribution in [0.3, 0.4) is 0 Å². The van der Waals surface area contributed by atoms with E-state index < -0.39 is 0 Å². The van der Waals surface area contributed by atoms with Crippen molar-refractivity contribution in [3.05, 3.63) is 54.1 Å². The number of hydrogen-bond acceptors (Lipinski definition) is 4. The molecule has 0 radical (unpaired) electrons. The number of aryl methyl sites for hydroxylation is 1. The molecule has 3 heterocycles. The highest BCUT2D eigenvalue weighted by Gasteiger charge is 2.21. The fourth-order valence-electron chi connectivity index (χ4n) is 3.68. The number of benzene rings is 1. The molecule has 0 spiro atoms. The van der Waals surface area contributed by atoms with Crippen LogP contribution >= 0.6 is 0 Å². The zero-order valence-corrected chi connectivity index (χ0v) is 15.0. The van der Waals surface area contributed by atoms with Crippen molar-refractivity contribution in [3.63, 3.8) is 0 Å². The number of anilines is 1. The van der Waals surface area contributed by atoms with E-state index in [1.54, 1.807) is 18.6 Å². The molecule has 26 heavy (non-hydrogen) atoms. The maximum Gasteiger partial charge on any atom is 0.227 e. The molecule has 0 bridgehead atoms. The average molecular weight is 349 g/mol. The lowest BCUT2D eigenvalue weighted by Gasteiger charge is -2.22. The summed E-state index contributed by atoms with van der Waals surface area (Å²) in [6.45, 7) is 5.24. The fourth-order valence-corrected chi connectivity index (χ4v) is 3.68. The number of carbonyl (C=O) groups excluding carboxylic acids is 1. The third-order valence-electron chi connectivity index (χ3n) is 5.08. The summed E-state index contributed by atoms with van der Waals surface area (Å²) in [5.74, 6) is 1.08. The highest BCUT2D eigenvalue weighted by Crippen LogP contribution is 2.23. The lowest BCUT2D eigenvalue weighted by Crippen LogP contribution is -2.36. The molecule has 6 nitrogen and oxygen atoms in total. The number of para-hydroxylation sites is 1. The van der Waals surface area contributed by atoms with E-state index in [2.05, 4.69) is 32.0 Å². The van der Waals surface area contributed by atoms with Crippen molar-refractivity contribution in [3.8, 4) is 0 Å². The molecule has 1 fully saturated rings. The van der Waals surface area contributed by atoms with Gasteiger partial charge in [-0.1, -0.05) is 18.2 Å². The van der Waals surface area contributed by atoms with E-state index in [1.807, 2.05) is 24.0 Å². The Labute approximate surface area is 152 Å². The maximum absolute atomic E-state index is 12.9. The SMILES string of the molecule is Cc1[nH]c2ccccc2c1CC(=O)N1CCCN(c2cnccn2)CC1. The van der Waals surface area contributed by atoms with E-state index in [4.69, 9.17) is 0 Å². The van der Waals surface area contributed by atoms with Crippen LogP contribution in [0.1, 0.15) is 17.7 Å². The van der Waals surface area contributed by atoms with E-state index in [0.29, 0.717) is 6.42 Å². The van der Waals surface area contributed by atoms with Crippen molar-refractivity contribution >= 4 is 22.6 Å². The van der Waals surface area contributed by atoms with Crippen molar-refractivity contribution in [2.75, 3.05) is 31.1 Å². The van der Waals surface area contributed by atoms with Gasteiger partial charge in [0.1, 0.15) is 5.82 Å². The Bertz CT molecular complexity index is 905. The molecule has 0 saturated carbocycles. The summed E-state index contributed by atoms with van der Waals surface area (Å²) < 4.78 is 0. The number of nitrogens with one attached hydrogen (secondary N) is 1. The second-order valence-electron chi connectivity index (χ2n) is 6.74. The van der Waals surface area contributed by atoms with E-state index >= 15 is 0 Å². The molecule has 1 N–H and O–H groups in total. The van der Waals surface area contributed by atoms with Crippen molar-refractivity contribution in [1.29, 1.82) is 0 Å². The maximum atomic E-state index is 12.9. The van der Waals surface area contributed by atoms with Gasteiger partial charge in [-0.15, -0.1) is 0 Å². The van der Waals surface area contributed by atoms with Gasteiger partial charge in [-0.25, -0.2) is 4.98 Å². The van der Waals surface area contributed by atoms with Crippen LogP contribution in [0.2, 0.25) is 0 Å². The molecule has 3 aromatic rings. The monoisotopic (exact) mass is 349 g/mol. The van der Waals surface area contributed by atoms with Crippen molar-refractivity contribution < 1.29 is 4.79 Å². The summed E-state index contributed by atoms with van der Waals surface area (Å²) in [6.07, 6.45) is 6.56. The summed E-state index contributed by atoms with van der Waals surface area (Å²) in [4.78, 5) is 29.0. The van der Waals surface area contributed by atoms with Crippen LogP contribution < -0.4 is 4.90 Å². The molecule has 0 atom stereocenters. The third kappa shape index (κ3) is 3.27. The number of nitrogens with zero attached hydrogens (tertiary/aromatic N) is 4. The minimum atomic E-state index is 0.193. The molecule has 1 aliphatic heterocycles. The molecule has 1 aromatic carbocycles. The van der Waals surface area contributed by atoms with Gasteiger partial charge in [0.25, 0.3) is 0 Å². The molecule has 1 saturated heterocycles. The Morgan fingerprint density at radius 3 is 2.88 bits per heavy atom. The molecular formula is C20H23N5O. The highest BCUT2D eigenvalue weighted by molar-refractivity contribution is 5.90. The first-order valence-corrected chi connectivity index (χ1v) is 9.07. The zero-order valence-electron chi connectivity index (χ0n) is 15.0. The van der Waals surface area contributed by atoms with E-state index in [9.17, 15) is 4.79 Å². The van der Waals surface area contributed by atoms with Crippen molar-refractivity contribution in [1.82, 2.24) is 19.9 Å². The summed E-state index contributed by atoms with van der Waals surface area (Å²) in [6, 6.07) is 8.18. The molecule has 134 valence electrons. The second kappa shape index (κ2) is 7.15. The number of hydrogen-bond donors (Lipinski definition) is 1. The topological polar surface area (TPSA) is 65.1 Å². The minimum Gasteiger partial charge on any atom is -0.358 e. The van der Waals surface area contributed by atoms with Gasteiger partial charge in [0, 0.05) is 55.2 Å². The van der Waals surface area contributed by atoms with Crippen LogP contribution in [0.4, 0.5) is 5.82 Å². The largest absolute Gasteiger partial charge is 0.358 e. The summed E-state index contributed by atoms with van der Waals surface area (Å²) in [5, 5.41) is 1.15. The van der Waals surface area contributed by atoms with Gasteiger partial charge in [0.05, 0.1) is 12.6 Å². The highest BCUT2D eigenvalue weighted by atomic mass is 16.2. The smallest absolute Gasteiger partial charge is 0.227 e. The molecule has 6 heteroatoms. The molecule has 2 aromatic heterocycles. The number of amides is 1. The van der Waals surface area contributed by atoms with Crippen molar-refractivity contribution in [2.24, 2.45) is 0 Å². The van der Waals surface area contributed by atoms with Gasteiger partial charge in [-0.05, 0) is 25.0 Å². The van der Waals surface area contributed by atoms with E-state index in [0.717, 1.165) is 60.6 Å². The Morgan fingerprint density at radius 1 is 1.15 bits per heavy atom. The summed E-state index contributed by atoms with van der Waals surface area (Å²) in [5.41, 5.74) is 3.29. The zero-order chi connectivity index (χ0) is 17.9. The predicted octanol–water partition coefficient (Wildman–Crippen LogP) is 2.55. The predicted molar refractivity (Wildman–Crippen MR) is 102 cm³/mol. The van der Waals surface area contributed by atoms with E-state index in [-0.39, 0.29) is 5.91 Å². The Kier molecular flexibility index (Phi) is 4.56. The van der Waals surface area contributed by atoms with Crippen molar-refractivity contribution in [2.45, 2.75) is 19.8 Å². The van der Waals surface area contributed by atoms with Crippen LogP contribution in [-0.4, -0.2) is 51.9 Å². The molecule has 0 unspecified atom stereocenters. The summed E-state index contributed by atoms with van der Waals surface area (Å²) in [7, 11) is 0. The van der Waals surface area contributed by atoms with Gasteiger partial charge < -0.3 is 14.8 Å². The van der Waals surface area contributed by atoms with Crippen LogP contribution in [0.25, 0.3) is 10.9 Å². The lowest BCUT2D eigenvalue weighted by molar-refractivity contribution is -0.130. The first kappa shape index (κ1) is 16.6. The van der Waals surface area contributed by atoms with Gasteiger partial charge >= 0.3 is 0 Å². The molecule has 0 aliphatic carbocycles. The number of carbonyl (C=O) groups is 1. The van der Waals surface area contributed by atoms with Crippen LogP contribution in [0, 0.1) is 6.92 Å². The van der Waals surface area contributed by atoms with Crippen LogP contribution in [0.5, 0.6) is 0 Å².